The molecule has 0 aromatic heterocycles. The lowest BCUT2D eigenvalue weighted by Crippen LogP contribution is -2.28. The van der Waals surface area contributed by atoms with Gasteiger partial charge in [-0.15, -0.1) is 0 Å². The zero-order valence-electron chi connectivity index (χ0n) is 11.0. The lowest BCUT2D eigenvalue weighted by atomic mass is 10.1. The van der Waals surface area contributed by atoms with Crippen LogP contribution in [0.2, 0.25) is 0 Å². The summed E-state index contributed by atoms with van der Waals surface area (Å²) in [5, 5.41) is 10.3. The Morgan fingerprint density at radius 3 is 2.65 bits per heavy atom. The molecule has 1 aliphatic rings. The highest BCUT2D eigenvalue weighted by Gasteiger charge is 2.37. The van der Waals surface area contributed by atoms with Gasteiger partial charge >= 0.3 is 0 Å². The highest BCUT2D eigenvalue weighted by atomic mass is 19.1. The number of hydrogen-bond acceptors (Lipinski definition) is 2. The molecular formula is C16H14FNO2. The van der Waals surface area contributed by atoms with Crippen LogP contribution in [0.15, 0.2) is 42.5 Å². The molecule has 0 bridgehead atoms. The van der Waals surface area contributed by atoms with Gasteiger partial charge in [0, 0.05) is 11.1 Å². The van der Waals surface area contributed by atoms with E-state index in [1.807, 2.05) is 6.92 Å². The second kappa shape index (κ2) is 4.72. The van der Waals surface area contributed by atoms with E-state index >= 15 is 0 Å². The Morgan fingerprint density at radius 1 is 1.20 bits per heavy atom. The Bertz CT molecular complexity index is 684. The second-order valence-electron chi connectivity index (χ2n) is 4.74. The number of carbonyl (C=O) groups is 1. The second-order valence-corrected chi connectivity index (χ2v) is 4.74. The van der Waals surface area contributed by atoms with Crippen molar-refractivity contribution in [2.75, 3.05) is 4.90 Å². The van der Waals surface area contributed by atoms with Crippen molar-refractivity contribution in [3.63, 3.8) is 0 Å². The van der Waals surface area contributed by atoms with Crippen LogP contribution in [-0.4, -0.2) is 11.0 Å². The van der Waals surface area contributed by atoms with E-state index in [1.165, 1.54) is 6.07 Å². The number of halogens is 1. The number of aliphatic hydroxyl groups excluding tert-OH is 1. The number of amides is 1. The molecule has 1 amide bonds. The van der Waals surface area contributed by atoms with Gasteiger partial charge in [-0.2, -0.15) is 0 Å². The van der Waals surface area contributed by atoms with Crippen molar-refractivity contribution in [1.82, 2.24) is 0 Å². The highest BCUT2D eigenvalue weighted by Crippen LogP contribution is 2.37. The first-order chi connectivity index (χ1) is 9.65. The summed E-state index contributed by atoms with van der Waals surface area (Å²) in [5.74, 6) is -0.824. The standard InChI is InChI=1S/C16H14FNO2/c1-2-10-6-5-9-13(14(10)17)18-15(19)11-7-3-4-8-12(11)16(18)20/h3-9,15,19H,2H2,1H3. The van der Waals surface area contributed by atoms with Crippen LogP contribution in [0.25, 0.3) is 0 Å². The Hall–Kier alpha value is -2.20. The molecule has 0 spiro atoms. The normalized spacial score (nSPS) is 17.4. The van der Waals surface area contributed by atoms with Crippen molar-refractivity contribution in [3.8, 4) is 0 Å². The highest BCUT2D eigenvalue weighted by molar-refractivity contribution is 6.10. The number of rotatable bonds is 2. The molecule has 1 N–H and O–H groups in total. The molecule has 2 aromatic rings. The van der Waals surface area contributed by atoms with E-state index in [0.29, 0.717) is 23.1 Å². The summed E-state index contributed by atoms with van der Waals surface area (Å²) in [4.78, 5) is 13.5. The molecule has 4 heteroatoms. The number of aryl methyl sites for hydroxylation is 1. The van der Waals surface area contributed by atoms with Crippen molar-refractivity contribution in [2.45, 2.75) is 19.6 Å². The lowest BCUT2D eigenvalue weighted by molar-refractivity contribution is 0.0933. The number of aliphatic hydroxyl groups is 1. The van der Waals surface area contributed by atoms with Gasteiger partial charge in [-0.1, -0.05) is 37.3 Å². The van der Waals surface area contributed by atoms with Crippen molar-refractivity contribution in [2.24, 2.45) is 0 Å². The van der Waals surface area contributed by atoms with Crippen LogP contribution in [-0.2, 0) is 6.42 Å². The van der Waals surface area contributed by atoms with Crippen molar-refractivity contribution < 1.29 is 14.3 Å². The molecule has 1 aliphatic heterocycles. The van der Waals surface area contributed by atoms with Gasteiger partial charge in [-0.3, -0.25) is 9.69 Å². The molecule has 3 rings (SSSR count). The van der Waals surface area contributed by atoms with Gasteiger partial charge in [0.15, 0.2) is 6.23 Å². The van der Waals surface area contributed by atoms with Gasteiger partial charge in [0.2, 0.25) is 0 Å². The Labute approximate surface area is 116 Å². The smallest absolute Gasteiger partial charge is 0.261 e. The molecular weight excluding hydrogens is 257 g/mol. The van der Waals surface area contributed by atoms with Crippen molar-refractivity contribution in [3.05, 3.63) is 65.0 Å². The average molecular weight is 271 g/mol. The summed E-state index contributed by atoms with van der Waals surface area (Å²) in [6.45, 7) is 1.85. The molecule has 1 unspecified atom stereocenters. The van der Waals surface area contributed by atoms with Gasteiger partial charge in [0.05, 0.1) is 5.69 Å². The predicted molar refractivity (Wildman–Crippen MR) is 74.0 cm³/mol. The average Bonchev–Trinajstić information content (AvgIpc) is 2.72. The van der Waals surface area contributed by atoms with Crippen LogP contribution in [0.4, 0.5) is 10.1 Å². The van der Waals surface area contributed by atoms with Crippen LogP contribution in [0.3, 0.4) is 0 Å². The van der Waals surface area contributed by atoms with Gasteiger partial charge in [0.1, 0.15) is 5.82 Å². The molecule has 0 aliphatic carbocycles. The molecule has 2 aromatic carbocycles. The van der Waals surface area contributed by atoms with Gasteiger partial charge < -0.3 is 5.11 Å². The summed E-state index contributed by atoms with van der Waals surface area (Å²) in [6.07, 6.45) is -0.606. The Morgan fingerprint density at radius 2 is 1.95 bits per heavy atom. The zero-order valence-corrected chi connectivity index (χ0v) is 11.0. The third-order valence-electron chi connectivity index (χ3n) is 3.63. The van der Waals surface area contributed by atoms with Crippen LogP contribution in [0, 0.1) is 5.82 Å². The number of fused-ring (bicyclic) bond motifs is 1. The third-order valence-corrected chi connectivity index (χ3v) is 3.63. The predicted octanol–water partition coefficient (Wildman–Crippen LogP) is 3.04. The van der Waals surface area contributed by atoms with Gasteiger partial charge in [0.25, 0.3) is 5.91 Å². The summed E-state index contributed by atoms with van der Waals surface area (Å²) < 4.78 is 14.4. The first-order valence-electron chi connectivity index (χ1n) is 6.53. The summed E-state index contributed by atoms with van der Waals surface area (Å²) >= 11 is 0. The first-order valence-corrected chi connectivity index (χ1v) is 6.53. The fraction of sp³-hybridized carbons (Fsp3) is 0.188. The van der Waals surface area contributed by atoms with E-state index < -0.39 is 12.0 Å². The molecule has 0 saturated carbocycles. The number of hydrogen-bond donors (Lipinski definition) is 1. The zero-order chi connectivity index (χ0) is 14.3. The molecule has 102 valence electrons. The first kappa shape index (κ1) is 12.8. The SMILES string of the molecule is CCc1cccc(N2C(=O)c3ccccc3C2O)c1F. The fourth-order valence-corrected chi connectivity index (χ4v) is 2.56. The maximum absolute atomic E-state index is 14.4. The Balaban J connectivity index is 2.12. The summed E-state index contributed by atoms with van der Waals surface area (Å²) in [6, 6.07) is 11.7. The van der Waals surface area contributed by atoms with E-state index in [2.05, 4.69) is 0 Å². The number of benzene rings is 2. The minimum atomic E-state index is -1.14. The molecule has 20 heavy (non-hydrogen) atoms. The Kier molecular flexibility index (Phi) is 3.03. The van der Waals surface area contributed by atoms with Crippen LogP contribution >= 0.6 is 0 Å². The van der Waals surface area contributed by atoms with Gasteiger partial charge in [-0.25, -0.2) is 4.39 Å². The fourth-order valence-electron chi connectivity index (χ4n) is 2.56. The van der Waals surface area contributed by atoms with Crippen molar-refractivity contribution >= 4 is 11.6 Å². The molecule has 0 saturated heterocycles. The maximum atomic E-state index is 14.4. The summed E-state index contributed by atoms with van der Waals surface area (Å²) in [5.41, 5.74) is 1.58. The summed E-state index contributed by atoms with van der Waals surface area (Å²) in [7, 11) is 0. The number of nitrogens with zero attached hydrogens (tertiary/aromatic N) is 1. The topological polar surface area (TPSA) is 40.5 Å². The minimum Gasteiger partial charge on any atom is -0.369 e. The largest absolute Gasteiger partial charge is 0.369 e. The monoisotopic (exact) mass is 271 g/mol. The maximum Gasteiger partial charge on any atom is 0.261 e. The molecule has 3 nitrogen and oxygen atoms in total. The van der Waals surface area contributed by atoms with E-state index in [0.717, 1.165) is 4.90 Å². The van der Waals surface area contributed by atoms with Crippen LogP contribution in [0.5, 0.6) is 0 Å². The van der Waals surface area contributed by atoms with Gasteiger partial charge in [-0.05, 0) is 24.1 Å². The van der Waals surface area contributed by atoms with Crippen molar-refractivity contribution in [1.29, 1.82) is 0 Å². The molecule has 0 radical (unpaired) electrons. The van der Waals surface area contributed by atoms with E-state index in [4.69, 9.17) is 0 Å². The van der Waals surface area contributed by atoms with Crippen LogP contribution < -0.4 is 4.90 Å². The molecule has 1 heterocycles. The van der Waals surface area contributed by atoms with E-state index in [9.17, 15) is 14.3 Å². The third kappa shape index (κ3) is 1.72. The number of carbonyl (C=O) groups excluding carboxylic acids is 1. The van der Waals surface area contributed by atoms with E-state index in [-0.39, 0.29) is 11.6 Å². The lowest BCUT2D eigenvalue weighted by Gasteiger charge is -2.22. The molecule has 0 fully saturated rings. The van der Waals surface area contributed by atoms with E-state index in [1.54, 1.807) is 36.4 Å². The minimum absolute atomic E-state index is 0.123. The molecule has 1 atom stereocenters. The number of anilines is 1. The van der Waals surface area contributed by atoms with Crippen LogP contribution in [0.1, 0.15) is 34.6 Å². The quantitative estimate of drug-likeness (QED) is 0.912.